The van der Waals surface area contributed by atoms with Crippen LogP contribution in [0.3, 0.4) is 0 Å². The predicted molar refractivity (Wildman–Crippen MR) is 70.7 cm³/mol. The number of amides is 1. The molecule has 1 aliphatic heterocycles. The summed E-state index contributed by atoms with van der Waals surface area (Å²) in [6.07, 6.45) is -4.04. The second kappa shape index (κ2) is 5.05. The van der Waals surface area contributed by atoms with Crippen molar-refractivity contribution in [2.75, 3.05) is 0 Å². The molecule has 0 aromatic heterocycles. The smallest absolute Gasteiger partial charge is 0.269 e. The molecule has 1 amide bonds. The highest BCUT2D eigenvalue weighted by Gasteiger charge is 2.61. The molecular weight excluding hydrogens is 341 g/mol. The van der Waals surface area contributed by atoms with Crippen molar-refractivity contribution < 1.29 is 31.3 Å². The van der Waals surface area contributed by atoms with Gasteiger partial charge >= 0.3 is 6.18 Å². The Morgan fingerprint density at radius 1 is 1.22 bits per heavy atom. The number of carbonyl (C=O) groups is 1. The SMILES string of the molecule is C[C@@]1(C(F)(F)F)C=CC(=O)N1S(=O)(=O)c1ccc([N+](=O)[O-])cc1. The highest BCUT2D eigenvalue weighted by Crippen LogP contribution is 2.42. The first-order valence-electron chi connectivity index (χ1n) is 6.01. The molecule has 23 heavy (non-hydrogen) atoms. The lowest BCUT2D eigenvalue weighted by atomic mass is 10.0. The molecule has 7 nitrogen and oxygen atoms in total. The summed E-state index contributed by atoms with van der Waals surface area (Å²) in [6.45, 7) is 0.553. The Morgan fingerprint density at radius 3 is 2.17 bits per heavy atom. The second-order valence-electron chi connectivity index (χ2n) is 4.84. The van der Waals surface area contributed by atoms with Crippen LogP contribution < -0.4 is 0 Å². The van der Waals surface area contributed by atoms with E-state index in [1.165, 1.54) is 0 Å². The molecule has 0 fully saturated rings. The summed E-state index contributed by atoms with van der Waals surface area (Å²) in [7, 11) is -4.84. The molecule has 1 aromatic rings. The molecule has 11 heteroatoms. The van der Waals surface area contributed by atoms with Crippen molar-refractivity contribution in [1.29, 1.82) is 0 Å². The number of non-ortho nitro benzene ring substituents is 1. The van der Waals surface area contributed by atoms with Crippen LogP contribution in [0.15, 0.2) is 41.3 Å². The van der Waals surface area contributed by atoms with E-state index in [1.807, 2.05) is 0 Å². The summed E-state index contributed by atoms with van der Waals surface area (Å²) in [5, 5.41) is 10.5. The number of rotatable bonds is 3. The van der Waals surface area contributed by atoms with Gasteiger partial charge < -0.3 is 0 Å². The molecule has 124 valence electrons. The van der Waals surface area contributed by atoms with Crippen LogP contribution in [-0.2, 0) is 14.8 Å². The van der Waals surface area contributed by atoms with Crippen molar-refractivity contribution in [3.8, 4) is 0 Å². The number of benzene rings is 1. The van der Waals surface area contributed by atoms with Gasteiger partial charge in [0.1, 0.15) is 0 Å². The van der Waals surface area contributed by atoms with Crippen LogP contribution in [0, 0.1) is 10.1 Å². The fourth-order valence-electron chi connectivity index (χ4n) is 2.02. The maximum Gasteiger partial charge on any atom is 0.416 e. The number of nitro benzene ring substituents is 1. The van der Waals surface area contributed by atoms with E-state index in [2.05, 4.69) is 0 Å². The molecule has 0 spiro atoms. The monoisotopic (exact) mass is 350 g/mol. The standard InChI is InChI=1S/C12H9F3N2O5S/c1-11(12(13,14)15)7-6-10(18)16(11)23(21,22)9-4-2-8(3-5-9)17(19)20/h2-7H,1H3/t11-/m0/s1. The minimum Gasteiger partial charge on any atom is -0.269 e. The van der Waals surface area contributed by atoms with E-state index < -0.39 is 43.2 Å². The van der Waals surface area contributed by atoms with Crippen LogP contribution in [-0.4, -0.2) is 35.3 Å². The summed E-state index contributed by atoms with van der Waals surface area (Å²) in [5.41, 5.74) is -3.46. The number of sulfonamides is 1. The van der Waals surface area contributed by atoms with Gasteiger partial charge in [0.15, 0.2) is 5.54 Å². The van der Waals surface area contributed by atoms with Gasteiger partial charge in [-0.2, -0.15) is 13.2 Å². The molecule has 0 radical (unpaired) electrons. The van der Waals surface area contributed by atoms with Gasteiger partial charge in [0.05, 0.1) is 9.82 Å². The maximum absolute atomic E-state index is 13.2. The van der Waals surface area contributed by atoms with Crippen LogP contribution in [0.5, 0.6) is 0 Å². The average molecular weight is 350 g/mol. The molecule has 2 rings (SSSR count). The molecule has 1 heterocycles. The Kier molecular flexibility index (Phi) is 3.71. The minimum absolute atomic E-state index is 0.277. The number of halogens is 3. The lowest BCUT2D eigenvalue weighted by Crippen LogP contribution is -2.56. The quantitative estimate of drug-likeness (QED) is 0.613. The third-order valence-corrected chi connectivity index (χ3v) is 5.24. The Hall–Kier alpha value is -2.43. The first-order chi connectivity index (χ1) is 10.4. The second-order valence-corrected chi connectivity index (χ2v) is 6.62. The molecule has 0 bridgehead atoms. The van der Waals surface area contributed by atoms with Gasteiger partial charge in [-0.1, -0.05) is 0 Å². The van der Waals surface area contributed by atoms with Crippen LogP contribution >= 0.6 is 0 Å². The zero-order valence-electron chi connectivity index (χ0n) is 11.4. The first kappa shape index (κ1) is 16.9. The van der Waals surface area contributed by atoms with Crippen LogP contribution in [0.2, 0.25) is 0 Å². The molecule has 1 atom stereocenters. The van der Waals surface area contributed by atoms with Gasteiger partial charge in [-0.25, -0.2) is 12.7 Å². The Bertz CT molecular complexity index is 801. The van der Waals surface area contributed by atoms with Gasteiger partial charge in [-0.3, -0.25) is 14.9 Å². The van der Waals surface area contributed by atoms with Gasteiger partial charge in [-0.15, -0.1) is 0 Å². The zero-order chi connectivity index (χ0) is 17.6. The number of nitrogens with zero attached hydrogens (tertiary/aromatic N) is 2. The summed E-state index contributed by atoms with van der Waals surface area (Å²) < 4.78 is 64.0. The summed E-state index contributed by atoms with van der Waals surface area (Å²) >= 11 is 0. The molecular formula is C12H9F3N2O5S. The Balaban J connectivity index is 2.54. The molecule has 0 saturated heterocycles. The van der Waals surface area contributed by atoms with E-state index in [0.29, 0.717) is 19.1 Å². The largest absolute Gasteiger partial charge is 0.416 e. The minimum atomic E-state index is -5.02. The van der Waals surface area contributed by atoms with Crippen molar-refractivity contribution in [1.82, 2.24) is 4.31 Å². The topological polar surface area (TPSA) is 97.6 Å². The Morgan fingerprint density at radius 2 is 1.74 bits per heavy atom. The summed E-state index contributed by atoms with van der Waals surface area (Å²) in [5.74, 6) is -1.34. The van der Waals surface area contributed by atoms with Crippen molar-refractivity contribution in [2.45, 2.75) is 23.5 Å². The van der Waals surface area contributed by atoms with Gasteiger partial charge in [-0.05, 0) is 25.1 Å². The van der Waals surface area contributed by atoms with E-state index in [-0.39, 0.29) is 4.31 Å². The van der Waals surface area contributed by atoms with Crippen molar-refractivity contribution in [3.63, 3.8) is 0 Å². The summed E-state index contributed by atoms with van der Waals surface area (Å²) in [6, 6.07) is 3.20. The van der Waals surface area contributed by atoms with Crippen LogP contribution in [0.25, 0.3) is 0 Å². The normalized spacial score (nSPS) is 21.7. The molecule has 1 aromatic carbocycles. The number of hydrogen-bond acceptors (Lipinski definition) is 5. The van der Waals surface area contributed by atoms with Gasteiger partial charge in [0, 0.05) is 18.2 Å². The third kappa shape index (κ3) is 2.56. The highest BCUT2D eigenvalue weighted by atomic mass is 32.2. The lowest BCUT2D eigenvalue weighted by molar-refractivity contribution is -0.384. The van der Waals surface area contributed by atoms with Crippen LogP contribution in [0.1, 0.15) is 6.92 Å². The van der Waals surface area contributed by atoms with Gasteiger partial charge in [0.2, 0.25) is 0 Å². The van der Waals surface area contributed by atoms with E-state index in [4.69, 9.17) is 0 Å². The highest BCUT2D eigenvalue weighted by molar-refractivity contribution is 7.89. The average Bonchev–Trinajstić information content (AvgIpc) is 2.76. The van der Waals surface area contributed by atoms with E-state index >= 15 is 0 Å². The van der Waals surface area contributed by atoms with E-state index in [9.17, 15) is 36.5 Å². The van der Waals surface area contributed by atoms with Crippen LogP contribution in [0.4, 0.5) is 18.9 Å². The van der Waals surface area contributed by atoms with Gasteiger partial charge in [0.25, 0.3) is 21.6 Å². The zero-order valence-corrected chi connectivity index (χ0v) is 12.3. The third-order valence-electron chi connectivity index (χ3n) is 3.33. The molecule has 0 N–H and O–H groups in total. The Labute approximate surface area is 128 Å². The number of hydrogen-bond donors (Lipinski definition) is 0. The first-order valence-corrected chi connectivity index (χ1v) is 7.45. The number of carbonyl (C=O) groups excluding carboxylic acids is 1. The number of alkyl halides is 3. The van der Waals surface area contributed by atoms with Crippen molar-refractivity contribution in [3.05, 3.63) is 46.5 Å². The van der Waals surface area contributed by atoms with Crippen molar-refractivity contribution >= 4 is 21.6 Å². The fraction of sp³-hybridized carbons (Fsp3) is 0.250. The molecule has 0 saturated carbocycles. The molecule has 1 aliphatic rings. The summed E-state index contributed by atoms with van der Waals surface area (Å²) in [4.78, 5) is 20.8. The van der Waals surface area contributed by atoms with E-state index in [1.54, 1.807) is 0 Å². The predicted octanol–water partition coefficient (Wildman–Crippen LogP) is 2.00. The fourth-order valence-corrected chi connectivity index (χ4v) is 3.67. The maximum atomic E-state index is 13.2. The lowest BCUT2D eigenvalue weighted by Gasteiger charge is -2.35. The molecule has 0 aliphatic carbocycles. The van der Waals surface area contributed by atoms with Crippen molar-refractivity contribution in [2.24, 2.45) is 0 Å². The number of nitro groups is 1. The van der Waals surface area contributed by atoms with E-state index in [0.717, 1.165) is 24.3 Å². The molecule has 0 unspecified atom stereocenters.